The van der Waals surface area contributed by atoms with Crippen molar-refractivity contribution in [2.24, 2.45) is 0 Å². The second-order valence-corrected chi connectivity index (χ2v) is 3.95. The first-order chi connectivity index (χ1) is 7.56. The Morgan fingerprint density at radius 2 is 2.38 bits per heavy atom. The van der Waals surface area contributed by atoms with Gasteiger partial charge in [-0.1, -0.05) is 23.8 Å². The topological polar surface area (TPSA) is 56.0 Å². The number of hydrogen-bond acceptors (Lipinski definition) is 4. The lowest BCUT2D eigenvalue weighted by Gasteiger charge is -2.01. The van der Waals surface area contributed by atoms with Crippen LogP contribution in [0, 0.1) is 17.0 Å². The third-order valence-corrected chi connectivity index (χ3v) is 2.52. The highest BCUT2D eigenvalue weighted by Gasteiger charge is 2.14. The van der Waals surface area contributed by atoms with Crippen LogP contribution in [0.4, 0.5) is 5.69 Å². The highest BCUT2D eigenvalue weighted by atomic mass is 35.5. The van der Waals surface area contributed by atoms with Gasteiger partial charge in [-0.25, -0.2) is 4.98 Å². The molecule has 0 aliphatic heterocycles. The first-order valence-corrected chi connectivity index (χ1v) is 5.66. The molecule has 0 bridgehead atoms. The van der Waals surface area contributed by atoms with Crippen LogP contribution < -0.4 is 0 Å². The van der Waals surface area contributed by atoms with Crippen LogP contribution in [0.5, 0.6) is 0 Å². The minimum atomic E-state index is -0.464. The van der Waals surface area contributed by atoms with Gasteiger partial charge in [0.25, 0.3) is 5.69 Å². The number of pyridine rings is 1. The molecule has 0 atom stereocenters. The van der Waals surface area contributed by atoms with Crippen LogP contribution in [0.2, 0.25) is 5.15 Å². The number of halogens is 1. The summed E-state index contributed by atoms with van der Waals surface area (Å²) >= 11 is 9.94. The minimum Gasteiger partial charge on any atom is -0.258 e. The Hall–Kier alpha value is -1.07. The molecule has 1 heterocycles. The van der Waals surface area contributed by atoms with Gasteiger partial charge < -0.3 is 0 Å². The summed E-state index contributed by atoms with van der Waals surface area (Å²) in [4.78, 5) is 14.2. The molecule has 1 aromatic heterocycles. The Labute approximate surface area is 104 Å². The molecule has 0 fully saturated rings. The summed E-state index contributed by atoms with van der Waals surface area (Å²) in [5, 5.41) is 11.0. The predicted molar refractivity (Wildman–Crippen MR) is 68.1 cm³/mol. The van der Waals surface area contributed by atoms with Crippen molar-refractivity contribution < 1.29 is 4.92 Å². The van der Waals surface area contributed by atoms with Crippen molar-refractivity contribution >= 4 is 36.0 Å². The van der Waals surface area contributed by atoms with Crippen LogP contribution in [0.25, 0.3) is 6.08 Å². The second kappa shape index (κ2) is 5.86. The lowest BCUT2D eigenvalue weighted by Crippen LogP contribution is -1.96. The van der Waals surface area contributed by atoms with E-state index in [2.05, 4.69) is 17.6 Å². The molecular formula is C10H11ClN2O2S. The molecule has 0 aliphatic carbocycles. The summed E-state index contributed by atoms with van der Waals surface area (Å²) < 4.78 is 0. The lowest BCUT2D eigenvalue weighted by atomic mass is 10.2. The Balaban J connectivity index is 3.09. The molecule has 1 aromatic rings. The molecule has 0 saturated carbocycles. The largest absolute Gasteiger partial charge is 0.291 e. The van der Waals surface area contributed by atoms with E-state index >= 15 is 0 Å². The molecule has 0 spiro atoms. The standard InChI is InChI=1S/C10H11ClN2O2S/c1-7-9(13(14)15)6-8(10(11)12-7)4-2-3-5-16/h2,4,6,16H,3,5H2,1H3. The van der Waals surface area contributed by atoms with Crippen molar-refractivity contribution in [2.75, 3.05) is 5.75 Å². The third kappa shape index (κ3) is 3.21. The maximum absolute atomic E-state index is 10.7. The van der Waals surface area contributed by atoms with Gasteiger partial charge >= 0.3 is 0 Å². The first kappa shape index (κ1) is 13.0. The maximum atomic E-state index is 10.7. The van der Waals surface area contributed by atoms with Crippen LogP contribution in [-0.2, 0) is 0 Å². The van der Waals surface area contributed by atoms with Crippen LogP contribution in [-0.4, -0.2) is 15.7 Å². The number of thiol groups is 1. The third-order valence-electron chi connectivity index (χ3n) is 1.96. The second-order valence-electron chi connectivity index (χ2n) is 3.14. The molecule has 86 valence electrons. The molecule has 0 N–H and O–H groups in total. The van der Waals surface area contributed by atoms with Crippen LogP contribution in [0.3, 0.4) is 0 Å². The molecule has 0 radical (unpaired) electrons. The van der Waals surface area contributed by atoms with Crippen LogP contribution in [0.15, 0.2) is 12.1 Å². The summed E-state index contributed by atoms with van der Waals surface area (Å²) in [6.07, 6.45) is 4.36. The molecule has 16 heavy (non-hydrogen) atoms. The molecule has 4 nitrogen and oxygen atoms in total. The SMILES string of the molecule is Cc1nc(Cl)c(C=CCCS)cc1[N+](=O)[O-]. The number of nitrogens with zero attached hydrogens (tertiary/aromatic N) is 2. The van der Waals surface area contributed by atoms with E-state index < -0.39 is 4.92 Å². The van der Waals surface area contributed by atoms with Gasteiger partial charge in [0.1, 0.15) is 10.8 Å². The maximum Gasteiger partial charge on any atom is 0.291 e. The van der Waals surface area contributed by atoms with E-state index in [4.69, 9.17) is 11.6 Å². The summed E-state index contributed by atoms with van der Waals surface area (Å²) in [5.41, 5.74) is 0.858. The zero-order valence-electron chi connectivity index (χ0n) is 8.68. The summed E-state index contributed by atoms with van der Waals surface area (Å²) in [7, 11) is 0. The van der Waals surface area contributed by atoms with Gasteiger partial charge in [0, 0.05) is 11.6 Å². The lowest BCUT2D eigenvalue weighted by molar-refractivity contribution is -0.385. The summed E-state index contributed by atoms with van der Waals surface area (Å²) in [6.45, 7) is 1.56. The normalized spacial score (nSPS) is 10.9. The van der Waals surface area contributed by atoms with Gasteiger partial charge in [0.2, 0.25) is 0 Å². The zero-order valence-corrected chi connectivity index (χ0v) is 10.3. The van der Waals surface area contributed by atoms with Crippen LogP contribution >= 0.6 is 24.2 Å². The van der Waals surface area contributed by atoms with Crippen molar-refractivity contribution in [3.63, 3.8) is 0 Å². The predicted octanol–water partition coefficient (Wildman–Crippen LogP) is 3.28. The average Bonchev–Trinajstić information content (AvgIpc) is 2.21. The van der Waals surface area contributed by atoms with E-state index in [9.17, 15) is 10.1 Å². The first-order valence-electron chi connectivity index (χ1n) is 4.65. The number of aromatic nitrogens is 1. The Morgan fingerprint density at radius 1 is 1.69 bits per heavy atom. The zero-order chi connectivity index (χ0) is 12.1. The summed E-state index contributed by atoms with van der Waals surface area (Å²) in [5.74, 6) is 0.718. The fourth-order valence-corrected chi connectivity index (χ4v) is 1.56. The van der Waals surface area contributed by atoms with E-state index in [0.29, 0.717) is 11.3 Å². The fourth-order valence-electron chi connectivity index (χ4n) is 1.17. The van der Waals surface area contributed by atoms with Gasteiger partial charge in [-0.15, -0.1) is 0 Å². The fraction of sp³-hybridized carbons (Fsp3) is 0.300. The molecule has 0 amide bonds. The molecule has 0 aliphatic rings. The Kier molecular flexibility index (Phi) is 4.76. The minimum absolute atomic E-state index is 0.0186. The molecule has 1 rings (SSSR count). The highest BCUT2D eigenvalue weighted by molar-refractivity contribution is 7.80. The van der Waals surface area contributed by atoms with Crippen molar-refractivity contribution in [2.45, 2.75) is 13.3 Å². The summed E-state index contributed by atoms with van der Waals surface area (Å²) in [6, 6.07) is 1.43. The Morgan fingerprint density at radius 3 is 2.94 bits per heavy atom. The Bertz CT molecular complexity index is 435. The number of hydrogen-bond donors (Lipinski definition) is 1. The van der Waals surface area contributed by atoms with Crippen molar-refractivity contribution in [3.8, 4) is 0 Å². The van der Waals surface area contributed by atoms with Crippen LogP contribution in [0.1, 0.15) is 17.7 Å². The monoisotopic (exact) mass is 258 g/mol. The van der Waals surface area contributed by atoms with E-state index in [0.717, 1.165) is 12.2 Å². The average molecular weight is 259 g/mol. The van der Waals surface area contributed by atoms with E-state index in [1.54, 1.807) is 13.0 Å². The number of nitro groups is 1. The molecule has 0 saturated heterocycles. The molecular weight excluding hydrogens is 248 g/mol. The number of aryl methyl sites for hydroxylation is 1. The molecule has 0 unspecified atom stereocenters. The number of allylic oxidation sites excluding steroid dienone is 1. The highest BCUT2D eigenvalue weighted by Crippen LogP contribution is 2.24. The van der Waals surface area contributed by atoms with Crippen molar-refractivity contribution in [3.05, 3.63) is 38.7 Å². The quantitative estimate of drug-likeness (QED) is 0.390. The van der Waals surface area contributed by atoms with E-state index in [-0.39, 0.29) is 10.8 Å². The van der Waals surface area contributed by atoms with Crippen molar-refractivity contribution in [1.29, 1.82) is 0 Å². The molecule has 0 aromatic carbocycles. The molecule has 6 heteroatoms. The van der Waals surface area contributed by atoms with Gasteiger partial charge in [-0.2, -0.15) is 12.6 Å². The van der Waals surface area contributed by atoms with E-state index in [1.165, 1.54) is 6.07 Å². The van der Waals surface area contributed by atoms with Gasteiger partial charge in [-0.05, 0) is 19.1 Å². The van der Waals surface area contributed by atoms with Gasteiger partial charge in [-0.3, -0.25) is 10.1 Å². The number of rotatable bonds is 4. The van der Waals surface area contributed by atoms with E-state index in [1.807, 2.05) is 6.08 Å². The van der Waals surface area contributed by atoms with Gasteiger partial charge in [0.05, 0.1) is 4.92 Å². The smallest absolute Gasteiger partial charge is 0.258 e. The van der Waals surface area contributed by atoms with Crippen molar-refractivity contribution in [1.82, 2.24) is 4.98 Å². The van der Waals surface area contributed by atoms with Gasteiger partial charge in [0.15, 0.2) is 0 Å².